The number of β-amino-alcohol motifs (C(OH)–C–C–N with tert-alkyl or cyclic N) is 1. The van der Waals surface area contributed by atoms with Gasteiger partial charge in [-0.15, -0.1) is 0 Å². The van der Waals surface area contributed by atoms with Crippen LogP contribution >= 0.6 is 0 Å². The van der Waals surface area contributed by atoms with Gasteiger partial charge >= 0.3 is 6.09 Å². The fourth-order valence-electron chi connectivity index (χ4n) is 4.98. The van der Waals surface area contributed by atoms with Crippen LogP contribution in [0, 0.1) is 5.92 Å². The number of nitrogens with zero attached hydrogens (tertiary/aromatic N) is 1. The van der Waals surface area contributed by atoms with E-state index in [-0.39, 0.29) is 44.2 Å². The number of aliphatic hydroxyl groups excluding tert-OH is 1. The highest BCUT2D eigenvalue weighted by Gasteiger charge is 2.29. The first-order valence-corrected chi connectivity index (χ1v) is 15.6. The Morgan fingerprint density at radius 2 is 1.57 bits per heavy atom. The van der Waals surface area contributed by atoms with Gasteiger partial charge in [0.25, 0.3) is 0 Å². The van der Waals surface area contributed by atoms with E-state index in [1.54, 1.807) is 0 Å². The maximum Gasteiger partial charge on any atom is 0.408 e. The second-order valence-corrected chi connectivity index (χ2v) is 11.8. The summed E-state index contributed by atoms with van der Waals surface area (Å²) in [4.78, 5) is 65.6. The molecule has 0 aromatic heterocycles. The van der Waals surface area contributed by atoms with Crippen molar-refractivity contribution < 1.29 is 33.8 Å². The van der Waals surface area contributed by atoms with Crippen molar-refractivity contribution in [1.29, 1.82) is 0 Å². The highest BCUT2D eigenvalue weighted by Crippen LogP contribution is 2.12. The number of ether oxygens (including phenoxy) is 1. The molecule has 2 aromatic carbocycles. The smallest absolute Gasteiger partial charge is 0.408 e. The minimum absolute atomic E-state index is 0.0305. The van der Waals surface area contributed by atoms with Crippen LogP contribution in [0.1, 0.15) is 50.7 Å². The Kier molecular flexibility index (Phi) is 14.2. The van der Waals surface area contributed by atoms with E-state index in [1.165, 1.54) is 17.1 Å². The lowest BCUT2D eigenvalue weighted by Gasteiger charge is -2.25. The first kappa shape index (κ1) is 35.8. The van der Waals surface area contributed by atoms with Crippen molar-refractivity contribution in [3.05, 3.63) is 83.9 Å². The zero-order chi connectivity index (χ0) is 33.5. The van der Waals surface area contributed by atoms with Crippen molar-refractivity contribution in [2.75, 3.05) is 13.1 Å². The zero-order valence-electron chi connectivity index (χ0n) is 26.4. The van der Waals surface area contributed by atoms with Crippen molar-refractivity contribution in [2.45, 2.75) is 76.8 Å². The third-order valence-corrected chi connectivity index (χ3v) is 7.42. The molecular weight excluding hydrogens is 590 g/mol. The molecule has 4 atom stereocenters. The molecule has 0 aliphatic carbocycles. The summed E-state index contributed by atoms with van der Waals surface area (Å²) >= 11 is 0. The lowest BCUT2D eigenvalue weighted by Crippen LogP contribution is -2.55. The van der Waals surface area contributed by atoms with Crippen molar-refractivity contribution in [3.63, 3.8) is 0 Å². The van der Waals surface area contributed by atoms with Gasteiger partial charge in [0, 0.05) is 38.0 Å². The van der Waals surface area contributed by atoms with E-state index in [0.29, 0.717) is 19.4 Å². The monoisotopic (exact) mass is 635 g/mol. The summed E-state index contributed by atoms with van der Waals surface area (Å²) in [6.07, 6.45) is 2.45. The molecule has 46 heavy (non-hydrogen) atoms. The molecule has 2 aromatic rings. The molecule has 1 fully saturated rings. The second-order valence-electron chi connectivity index (χ2n) is 11.8. The number of amides is 5. The number of carbonyl (C=O) groups is 5. The SMILES string of the molecule is CC(C)C[C@H](NC(=O)OCc1ccccc1)C(=O)N[C@@H](Cc1ccccc1)C(=O)N[C@H](/C=C/C(=O)N1CCC(O)C1)CCC(N)=O. The molecule has 0 saturated carbocycles. The molecule has 12 heteroatoms. The lowest BCUT2D eigenvalue weighted by atomic mass is 10.0. The number of hydrogen-bond donors (Lipinski definition) is 5. The maximum atomic E-state index is 13.7. The number of likely N-dealkylation sites (tertiary alicyclic amines) is 1. The Balaban J connectivity index is 1.74. The quantitative estimate of drug-likeness (QED) is 0.175. The molecular formula is C34H45N5O7. The number of hydrogen-bond acceptors (Lipinski definition) is 7. The third-order valence-electron chi connectivity index (χ3n) is 7.42. The van der Waals surface area contributed by atoms with Crippen molar-refractivity contribution in [2.24, 2.45) is 11.7 Å². The second kappa shape index (κ2) is 18.3. The topological polar surface area (TPSA) is 180 Å². The Labute approximate surface area is 269 Å². The van der Waals surface area contributed by atoms with Crippen molar-refractivity contribution >= 4 is 29.7 Å². The van der Waals surface area contributed by atoms with Crippen LogP contribution in [0.2, 0.25) is 0 Å². The zero-order valence-corrected chi connectivity index (χ0v) is 26.4. The van der Waals surface area contributed by atoms with Crippen LogP contribution in [0.4, 0.5) is 4.79 Å². The molecule has 1 unspecified atom stereocenters. The summed E-state index contributed by atoms with van der Waals surface area (Å²) in [5.41, 5.74) is 6.93. The predicted octanol–water partition coefficient (Wildman–Crippen LogP) is 1.95. The third kappa shape index (κ3) is 12.7. The summed E-state index contributed by atoms with van der Waals surface area (Å²) in [5, 5.41) is 18.0. The van der Waals surface area contributed by atoms with Crippen LogP contribution in [0.5, 0.6) is 0 Å². The predicted molar refractivity (Wildman–Crippen MR) is 172 cm³/mol. The highest BCUT2D eigenvalue weighted by molar-refractivity contribution is 5.92. The number of nitrogens with two attached hydrogens (primary N) is 1. The van der Waals surface area contributed by atoms with Crippen LogP contribution in [-0.4, -0.2) is 77.0 Å². The van der Waals surface area contributed by atoms with Crippen LogP contribution < -0.4 is 21.7 Å². The molecule has 0 radical (unpaired) electrons. The summed E-state index contributed by atoms with van der Waals surface area (Å²) < 4.78 is 5.33. The minimum Gasteiger partial charge on any atom is -0.445 e. The number of benzene rings is 2. The first-order valence-electron chi connectivity index (χ1n) is 15.6. The van der Waals surface area contributed by atoms with Crippen LogP contribution in [0.3, 0.4) is 0 Å². The molecule has 1 heterocycles. The van der Waals surface area contributed by atoms with E-state index in [9.17, 15) is 29.1 Å². The molecule has 0 spiro atoms. The summed E-state index contributed by atoms with van der Waals surface area (Å²) in [6.45, 7) is 4.48. The first-order chi connectivity index (χ1) is 22.0. The number of primary amides is 1. The van der Waals surface area contributed by atoms with Gasteiger partial charge in [0.05, 0.1) is 6.10 Å². The molecule has 6 N–H and O–H groups in total. The number of rotatable bonds is 16. The van der Waals surface area contributed by atoms with E-state index < -0.39 is 48.0 Å². The number of alkyl carbamates (subject to hydrolysis) is 1. The molecule has 0 bridgehead atoms. The van der Waals surface area contributed by atoms with Gasteiger partial charge in [0.1, 0.15) is 18.7 Å². The molecule has 248 valence electrons. The van der Waals surface area contributed by atoms with E-state index in [1.807, 2.05) is 74.5 Å². The average Bonchev–Trinajstić information content (AvgIpc) is 3.47. The summed E-state index contributed by atoms with van der Waals surface area (Å²) in [7, 11) is 0. The maximum absolute atomic E-state index is 13.7. The van der Waals surface area contributed by atoms with Crippen LogP contribution in [0.25, 0.3) is 0 Å². The van der Waals surface area contributed by atoms with Crippen molar-refractivity contribution in [3.8, 4) is 0 Å². The molecule has 12 nitrogen and oxygen atoms in total. The van der Waals surface area contributed by atoms with Gasteiger partial charge in [-0.1, -0.05) is 80.6 Å². The Morgan fingerprint density at radius 1 is 0.935 bits per heavy atom. The van der Waals surface area contributed by atoms with Gasteiger partial charge in [-0.05, 0) is 36.3 Å². The fraction of sp³-hybridized carbons (Fsp3) is 0.441. The molecule has 3 rings (SSSR count). The standard InChI is InChI=1S/C34H45N5O7/c1-23(2)19-28(38-34(45)46-22-25-11-7-4-8-12-25)33(44)37-29(20-24-9-5-3-6-10-24)32(43)36-26(13-15-30(35)41)14-16-31(42)39-18-17-27(40)21-39/h3-12,14,16,23,26-29,40H,13,15,17-22H2,1-2H3,(H2,35,41)(H,36,43)(H,37,44)(H,38,45)/b16-14+/t26-,27?,28-,29-/m0/s1. The molecule has 1 saturated heterocycles. The Morgan fingerprint density at radius 3 is 2.15 bits per heavy atom. The van der Waals surface area contributed by atoms with Gasteiger partial charge in [0.15, 0.2) is 0 Å². The molecule has 1 aliphatic rings. The van der Waals surface area contributed by atoms with E-state index >= 15 is 0 Å². The average molecular weight is 636 g/mol. The minimum atomic E-state index is -1.05. The highest BCUT2D eigenvalue weighted by atomic mass is 16.5. The van der Waals surface area contributed by atoms with E-state index in [0.717, 1.165) is 11.1 Å². The van der Waals surface area contributed by atoms with Crippen molar-refractivity contribution in [1.82, 2.24) is 20.9 Å². The largest absolute Gasteiger partial charge is 0.445 e. The molecule has 5 amide bonds. The Hall–Kier alpha value is -4.71. The number of nitrogens with one attached hydrogen (secondary N) is 3. The van der Waals surface area contributed by atoms with Gasteiger partial charge in [-0.25, -0.2) is 4.79 Å². The van der Waals surface area contributed by atoms with Crippen LogP contribution in [-0.2, 0) is 36.9 Å². The van der Waals surface area contributed by atoms with Gasteiger partial charge in [0.2, 0.25) is 23.6 Å². The van der Waals surface area contributed by atoms with Crippen LogP contribution in [0.15, 0.2) is 72.8 Å². The van der Waals surface area contributed by atoms with E-state index in [4.69, 9.17) is 10.5 Å². The van der Waals surface area contributed by atoms with Gasteiger partial charge < -0.3 is 36.4 Å². The summed E-state index contributed by atoms with van der Waals surface area (Å²) in [5.74, 6) is -1.98. The van der Waals surface area contributed by atoms with Gasteiger partial charge in [-0.2, -0.15) is 0 Å². The molecule has 1 aliphatic heterocycles. The number of carbonyl (C=O) groups excluding carboxylic acids is 5. The number of aliphatic hydroxyl groups is 1. The van der Waals surface area contributed by atoms with E-state index in [2.05, 4.69) is 16.0 Å². The lowest BCUT2D eigenvalue weighted by molar-refractivity contribution is -0.130. The summed E-state index contributed by atoms with van der Waals surface area (Å²) in [6, 6.07) is 15.5. The Bertz CT molecular complexity index is 1340. The van der Waals surface area contributed by atoms with Gasteiger partial charge in [-0.3, -0.25) is 19.2 Å². The fourth-order valence-corrected chi connectivity index (χ4v) is 4.98. The normalized spacial score (nSPS) is 16.4.